The predicted octanol–water partition coefficient (Wildman–Crippen LogP) is 8.33. The van der Waals surface area contributed by atoms with E-state index in [4.69, 9.17) is 32.7 Å². The Morgan fingerprint density at radius 1 is 1.00 bits per heavy atom. The molecule has 1 amide bonds. The summed E-state index contributed by atoms with van der Waals surface area (Å²) in [5, 5.41) is 14.0. The number of hydrogen-bond acceptors (Lipinski definition) is 5. The molecule has 0 saturated heterocycles. The van der Waals surface area contributed by atoms with Crippen LogP contribution >= 0.6 is 23.2 Å². The van der Waals surface area contributed by atoms with E-state index in [-0.39, 0.29) is 27.5 Å². The number of aromatic amines is 1. The van der Waals surface area contributed by atoms with E-state index < -0.39 is 23.7 Å². The van der Waals surface area contributed by atoms with Gasteiger partial charge in [0, 0.05) is 44.4 Å². The number of rotatable bonds is 10. The van der Waals surface area contributed by atoms with Crippen LogP contribution in [0.1, 0.15) is 52.1 Å². The number of H-pyrrole nitrogens is 1. The van der Waals surface area contributed by atoms with E-state index in [9.17, 15) is 19.1 Å². The number of carboxylic acids is 1. The average molecular weight is 637 g/mol. The Labute approximate surface area is 262 Å². The van der Waals surface area contributed by atoms with Crippen LogP contribution in [0, 0.1) is 5.82 Å². The monoisotopic (exact) mass is 635 g/mol. The Balaban J connectivity index is 1.55. The summed E-state index contributed by atoms with van der Waals surface area (Å²) < 4.78 is 24.9. The molecule has 1 aromatic heterocycles. The summed E-state index contributed by atoms with van der Waals surface area (Å²) in [6.07, 6.45) is 1.39. The summed E-state index contributed by atoms with van der Waals surface area (Å²) in [5.41, 5.74) is 2.81. The number of aromatic carboxylic acids is 1. The van der Waals surface area contributed by atoms with Gasteiger partial charge in [0.2, 0.25) is 0 Å². The first-order valence-corrected chi connectivity index (χ1v) is 14.4. The minimum atomic E-state index is -1.25. The van der Waals surface area contributed by atoms with E-state index in [0.29, 0.717) is 45.2 Å². The Kier molecular flexibility index (Phi) is 9.08. The van der Waals surface area contributed by atoms with Crippen molar-refractivity contribution >= 4 is 46.1 Å². The number of ether oxygens (including phenoxy) is 2. The van der Waals surface area contributed by atoms with E-state index >= 15 is 0 Å². The van der Waals surface area contributed by atoms with Crippen molar-refractivity contribution in [2.75, 3.05) is 14.2 Å². The van der Waals surface area contributed by atoms with Crippen LogP contribution in [0.3, 0.4) is 0 Å². The first kappa shape index (κ1) is 30.8. The molecule has 44 heavy (non-hydrogen) atoms. The lowest BCUT2D eigenvalue weighted by Crippen LogP contribution is -2.29. The summed E-state index contributed by atoms with van der Waals surface area (Å²) in [5.74, 6) is -1.33. The van der Waals surface area contributed by atoms with E-state index in [1.807, 2.05) is 6.92 Å². The molecule has 226 valence electrons. The molecule has 11 heteroatoms. The SMILES string of the molecule is CCC[C@H](NC(=O)c1ccc(-c2c(Cl)cccc2-c2nc3cc(OC)c(F)cc3[nH]2)c(C(=O)O)c1)c1ccc(Cl)cc1OC. The topological polar surface area (TPSA) is 114 Å². The number of aromatic nitrogens is 2. The van der Waals surface area contributed by atoms with Gasteiger partial charge in [0.1, 0.15) is 11.6 Å². The number of amides is 1. The fourth-order valence-corrected chi connectivity index (χ4v) is 5.62. The molecular weight excluding hydrogens is 608 g/mol. The Morgan fingerprint density at radius 2 is 1.77 bits per heavy atom. The fourth-order valence-electron chi connectivity index (χ4n) is 5.18. The molecule has 0 bridgehead atoms. The van der Waals surface area contributed by atoms with Crippen LogP contribution in [0.2, 0.25) is 10.0 Å². The van der Waals surface area contributed by atoms with Gasteiger partial charge < -0.3 is 24.9 Å². The highest BCUT2D eigenvalue weighted by atomic mass is 35.5. The first-order chi connectivity index (χ1) is 21.1. The summed E-state index contributed by atoms with van der Waals surface area (Å²) in [7, 11) is 2.89. The zero-order chi connectivity index (χ0) is 31.5. The van der Waals surface area contributed by atoms with Crippen LogP contribution < -0.4 is 14.8 Å². The second-order valence-corrected chi connectivity index (χ2v) is 10.9. The molecule has 4 aromatic carbocycles. The molecule has 0 unspecified atom stereocenters. The molecule has 1 atom stereocenters. The summed E-state index contributed by atoms with van der Waals surface area (Å²) in [6.45, 7) is 2.00. The largest absolute Gasteiger partial charge is 0.496 e. The third kappa shape index (κ3) is 6.06. The van der Waals surface area contributed by atoms with Crippen LogP contribution in [0.25, 0.3) is 33.5 Å². The highest BCUT2D eigenvalue weighted by molar-refractivity contribution is 6.34. The lowest BCUT2D eigenvalue weighted by atomic mass is 9.93. The summed E-state index contributed by atoms with van der Waals surface area (Å²) in [4.78, 5) is 33.7. The summed E-state index contributed by atoms with van der Waals surface area (Å²) in [6, 6.07) is 17.0. The van der Waals surface area contributed by atoms with E-state index in [2.05, 4.69) is 15.3 Å². The molecule has 5 aromatic rings. The van der Waals surface area contributed by atoms with Gasteiger partial charge >= 0.3 is 5.97 Å². The second kappa shape index (κ2) is 13.0. The van der Waals surface area contributed by atoms with Crippen molar-refractivity contribution in [3.05, 3.63) is 99.3 Å². The number of nitrogens with zero attached hydrogens (tertiary/aromatic N) is 1. The van der Waals surface area contributed by atoms with Crippen molar-refractivity contribution in [2.24, 2.45) is 0 Å². The smallest absolute Gasteiger partial charge is 0.336 e. The lowest BCUT2D eigenvalue weighted by Gasteiger charge is -2.21. The minimum Gasteiger partial charge on any atom is -0.496 e. The number of carbonyl (C=O) groups is 2. The third-order valence-electron chi connectivity index (χ3n) is 7.26. The average Bonchev–Trinajstić information content (AvgIpc) is 3.42. The van der Waals surface area contributed by atoms with Gasteiger partial charge in [-0.15, -0.1) is 0 Å². The van der Waals surface area contributed by atoms with Crippen molar-refractivity contribution in [1.82, 2.24) is 15.3 Å². The first-order valence-electron chi connectivity index (χ1n) is 13.7. The molecule has 0 radical (unpaired) electrons. The van der Waals surface area contributed by atoms with Crippen LogP contribution in [0.4, 0.5) is 4.39 Å². The highest BCUT2D eigenvalue weighted by Crippen LogP contribution is 2.40. The lowest BCUT2D eigenvalue weighted by molar-refractivity contribution is 0.0697. The normalized spacial score (nSPS) is 11.8. The Hall–Kier alpha value is -4.60. The van der Waals surface area contributed by atoms with Crippen LogP contribution in [-0.2, 0) is 0 Å². The van der Waals surface area contributed by atoms with Crippen molar-refractivity contribution in [2.45, 2.75) is 25.8 Å². The molecule has 0 aliphatic rings. The van der Waals surface area contributed by atoms with Gasteiger partial charge in [-0.25, -0.2) is 14.2 Å². The number of imidazole rings is 1. The van der Waals surface area contributed by atoms with Crippen molar-refractivity contribution in [1.29, 1.82) is 0 Å². The number of methoxy groups -OCH3 is 2. The van der Waals surface area contributed by atoms with Crippen molar-refractivity contribution in [3.8, 4) is 34.0 Å². The standard InChI is InChI=1S/C33H28Cl2FN3O5/c1-4-6-25(20-12-10-18(34)14-28(20)43-2)39-32(40)17-9-11-19(22(13-17)33(41)42)30-21(7-5-8-23(30)35)31-37-26-15-24(36)29(44-3)16-27(26)38-31/h5,7-16,25H,4,6H2,1-3H3,(H,37,38)(H,39,40)(H,41,42)/t25-/m0/s1. The van der Waals surface area contributed by atoms with E-state index in [1.165, 1.54) is 32.4 Å². The van der Waals surface area contributed by atoms with Crippen molar-refractivity contribution < 1.29 is 28.6 Å². The number of carbonyl (C=O) groups excluding carboxylic acids is 1. The van der Waals surface area contributed by atoms with Gasteiger partial charge in [-0.3, -0.25) is 4.79 Å². The van der Waals surface area contributed by atoms with Gasteiger partial charge in [0.15, 0.2) is 11.6 Å². The molecular formula is C33H28Cl2FN3O5. The Bertz CT molecular complexity index is 1890. The van der Waals surface area contributed by atoms with Crippen LogP contribution in [-0.4, -0.2) is 41.2 Å². The van der Waals surface area contributed by atoms with Gasteiger partial charge in [-0.1, -0.05) is 60.8 Å². The van der Waals surface area contributed by atoms with E-state index in [0.717, 1.165) is 12.0 Å². The van der Waals surface area contributed by atoms with Gasteiger partial charge in [0.05, 0.1) is 36.9 Å². The van der Waals surface area contributed by atoms with Crippen LogP contribution in [0.15, 0.2) is 66.7 Å². The quantitative estimate of drug-likeness (QED) is 0.142. The molecule has 0 aliphatic carbocycles. The maximum atomic E-state index is 14.4. The van der Waals surface area contributed by atoms with Crippen LogP contribution in [0.5, 0.6) is 11.5 Å². The number of benzene rings is 4. The number of halogens is 3. The third-order valence-corrected chi connectivity index (χ3v) is 7.81. The van der Waals surface area contributed by atoms with Gasteiger partial charge in [-0.05, 0) is 42.3 Å². The molecule has 0 spiro atoms. The minimum absolute atomic E-state index is 0.0413. The highest BCUT2D eigenvalue weighted by Gasteiger charge is 2.24. The predicted molar refractivity (Wildman–Crippen MR) is 169 cm³/mol. The molecule has 5 rings (SSSR count). The zero-order valence-corrected chi connectivity index (χ0v) is 25.5. The van der Waals surface area contributed by atoms with Gasteiger partial charge in [-0.2, -0.15) is 0 Å². The number of carboxylic acid groups (broad SMARTS) is 1. The number of hydrogen-bond donors (Lipinski definition) is 3. The molecule has 3 N–H and O–H groups in total. The number of nitrogens with one attached hydrogen (secondary N) is 2. The van der Waals surface area contributed by atoms with Gasteiger partial charge in [0.25, 0.3) is 5.91 Å². The molecule has 0 saturated carbocycles. The summed E-state index contributed by atoms with van der Waals surface area (Å²) >= 11 is 12.8. The maximum absolute atomic E-state index is 14.4. The molecule has 0 aliphatic heterocycles. The Morgan fingerprint density at radius 3 is 2.48 bits per heavy atom. The number of fused-ring (bicyclic) bond motifs is 1. The fraction of sp³-hybridized carbons (Fsp3) is 0.182. The molecule has 0 fully saturated rings. The zero-order valence-electron chi connectivity index (χ0n) is 24.0. The maximum Gasteiger partial charge on any atom is 0.336 e. The van der Waals surface area contributed by atoms with Crippen molar-refractivity contribution in [3.63, 3.8) is 0 Å². The second-order valence-electron chi connectivity index (χ2n) is 10.0. The molecule has 1 heterocycles. The molecule has 8 nitrogen and oxygen atoms in total. The van der Waals surface area contributed by atoms with E-state index in [1.54, 1.807) is 48.5 Å².